The Kier molecular flexibility index (Phi) is 3.60. The van der Waals surface area contributed by atoms with Gasteiger partial charge in [0.25, 0.3) is 0 Å². The van der Waals surface area contributed by atoms with Gasteiger partial charge in [0.15, 0.2) is 0 Å². The number of hydrogen-bond acceptors (Lipinski definition) is 4. The first-order chi connectivity index (χ1) is 9.70. The van der Waals surface area contributed by atoms with Gasteiger partial charge in [0, 0.05) is 18.7 Å². The van der Waals surface area contributed by atoms with E-state index < -0.39 is 0 Å². The zero-order valence-electron chi connectivity index (χ0n) is 11.3. The highest BCUT2D eigenvalue weighted by Crippen LogP contribution is 2.21. The molecule has 3 rings (SSSR count). The number of aryl methyl sites for hydroxylation is 1. The summed E-state index contributed by atoms with van der Waals surface area (Å²) in [5.41, 5.74) is 1.46. The van der Waals surface area contributed by atoms with E-state index in [-0.39, 0.29) is 5.82 Å². The number of halogens is 1. The van der Waals surface area contributed by atoms with Crippen LogP contribution in [0, 0.1) is 12.7 Å². The van der Waals surface area contributed by atoms with Gasteiger partial charge in [-0.25, -0.2) is 9.37 Å². The monoisotopic (exact) mass is 273 g/mol. The third-order valence-electron chi connectivity index (χ3n) is 3.20. The maximum atomic E-state index is 13.4. The molecule has 1 aromatic heterocycles. The molecule has 0 bridgehead atoms. The Bertz CT molecular complexity index is 597. The van der Waals surface area contributed by atoms with Crippen molar-refractivity contribution in [1.82, 2.24) is 15.3 Å². The van der Waals surface area contributed by atoms with E-state index in [0.717, 1.165) is 12.2 Å². The summed E-state index contributed by atoms with van der Waals surface area (Å²) in [5.74, 6) is 0.496. The maximum Gasteiger partial charge on any atom is 0.237 e. The zero-order chi connectivity index (χ0) is 13.9. The molecule has 0 spiro atoms. The van der Waals surface area contributed by atoms with Crippen LogP contribution in [0.3, 0.4) is 0 Å². The van der Waals surface area contributed by atoms with Crippen molar-refractivity contribution < 1.29 is 9.13 Å². The van der Waals surface area contributed by atoms with E-state index in [1.807, 2.05) is 0 Å². The summed E-state index contributed by atoms with van der Waals surface area (Å²) in [7, 11) is 0. The van der Waals surface area contributed by atoms with Gasteiger partial charge in [-0.1, -0.05) is 6.07 Å². The molecule has 0 unspecified atom stereocenters. The van der Waals surface area contributed by atoms with Crippen molar-refractivity contribution in [3.63, 3.8) is 0 Å². The van der Waals surface area contributed by atoms with E-state index in [9.17, 15) is 4.39 Å². The van der Waals surface area contributed by atoms with E-state index in [4.69, 9.17) is 4.74 Å². The Balaban J connectivity index is 1.62. The largest absolute Gasteiger partial charge is 0.437 e. The van der Waals surface area contributed by atoms with Crippen LogP contribution < -0.4 is 10.1 Å². The maximum absolute atomic E-state index is 13.4. The number of nitrogens with zero attached hydrogens (tertiary/aromatic N) is 2. The molecular weight excluding hydrogens is 257 g/mol. The predicted molar refractivity (Wildman–Crippen MR) is 73.1 cm³/mol. The third-order valence-corrected chi connectivity index (χ3v) is 3.20. The molecule has 1 fully saturated rings. The number of rotatable bonds is 5. The molecule has 104 valence electrons. The van der Waals surface area contributed by atoms with Crippen LogP contribution in [0.15, 0.2) is 30.6 Å². The Labute approximate surface area is 117 Å². The topological polar surface area (TPSA) is 47.0 Å². The van der Waals surface area contributed by atoms with Crippen molar-refractivity contribution in [2.45, 2.75) is 32.4 Å². The molecular formula is C15H16FN3O. The van der Waals surface area contributed by atoms with Gasteiger partial charge in [0.2, 0.25) is 5.88 Å². The molecule has 1 aliphatic rings. The van der Waals surface area contributed by atoms with Crippen LogP contribution in [0.25, 0.3) is 0 Å². The van der Waals surface area contributed by atoms with Crippen molar-refractivity contribution in [2.24, 2.45) is 0 Å². The zero-order valence-corrected chi connectivity index (χ0v) is 11.3. The Hall–Kier alpha value is -2.01. The normalized spacial score (nSPS) is 14.3. The highest BCUT2D eigenvalue weighted by atomic mass is 19.1. The second-order valence-electron chi connectivity index (χ2n) is 5.01. The Morgan fingerprint density at radius 3 is 2.80 bits per heavy atom. The fourth-order valence-electron chi connectivity index (χ4n) is 1.78. The van der Waals surface area contributed by atoms with Crippen LogP contribution in [-0.4, -0.2) is 16.0 Å². The van der Waals surface area contributed by atoms with Gasteiger partial charge in [-0.3, -0.25) is 4.98 Å². The molecule has 0 atom stereocenters. The van der Waals surface area contributed by atoms with Crippen molar-refractivity contribution in [2.75, 3.05) is 0 Å². The van der Waals surface area contributed by atoms with Gasteiger partial charge in [0.05, 0.1) is 18.1 Å². The average Bonchev–Trinajstić information content (AvgIpc) is 3.26. The number of ether oxygens (including phenoxy) is 1. The van der Waals surface area contributed by atoms with E-state index >= 15 is 0 Å². The highest BCUT2D eigenvalue weighted by molar-refractivity contribution is 5.30. The number of aromatic nitrogens is 2. The lowest BCUT2D eigenvalue weighted by atomic mass is 10.2. The molecule has 20 heavy (non-hydrogen) atoms. The quantitative estimate of drug-likeness (QED) is 0.909. The van der Waals surface area contributed by atoms with Gasteiger partial charge in [-0.05, 0) is 31.4 Å². The van der Waals surface area contributed by atoms with Gasteiger partial charge in [-0.15, -0.1) is 0 Å². The second kappa shape index (κ2) is 5.54. The SMILES string of the molecule is Cc1ccc(Oc2cnc(CNC3CC3)cn2)cc1F. The lowest BCUT2D eigenvalue weighted by molar-refractivity contribution is 0.453. The summed E-state index contributed by atoms with van der Waals surface area (Å²) in [6.45, 7) is 2.43. The van der Waals surface area contributed by atoms with Gasteiger partial charge >= 0.3 is 0 Å². The standard InChI is InChI=1S/C15H16FN3O/c1-10-2-5-13(6-14(10)16)20-15-9-18-12(8-19-15)7-17-11-3-4-11/h2,5-6,8-9,11,17H,3-4,7H2,1H3. The highest BCUT2D eigenvalue weighted by Gasteiger charge is 2.20. The first-order valence-corrected chi connectivity index (χ1v) is 6.69. The van der Waals surface area contributed by atoms with Gasteiger partial charge in [-0.2, -0.15) is 0 Å². The van der Waals surface area contributed by atoms with Crippen LogP contribution in [0.5, 0.6) is 11.6 Å². The van der Waals surface area contributed by atoms with Crippen LogP contribution in [0.2, 0.25) is 0 Å². The lowest BCUT2D eigenvalue weighted by Gasteiger charge is -2.06. The Morgan fingerprint density at radius 1 is 1.30 bits per heavy atom. The molecule has 5 heteroatoms. The third kappa shape index (κ3) is 3.30. The van der Waals surface area contributed by atoms with Crippen molar-refractivity contribution in [3.8, 4) is 11.6 Å². The molecule has 0 aliphatic heterocycles. The molecule has 1 aromatic carbocycles. The fourth-order valence-corrected chi connectivity index (χ4v) is 1.78. The predicted octanol–water partition coefficient (Wildman–Crippen LogP) is 2.97. The number of benzene rings is 1. The van der Waals surface area contributed by atoms with E-state index in [1.165, 1.54) is 18.9 Å². The van der Waals surface area contributed by atoms with E-state index in [0.29, 0.717) is 23.2 Å². The Morgan fingerprint density at radius 2 is 2.15 bits per heavy atom. The van der Waals surface area contributed by atoms with E-state index in [2.05, 4.69) is 15.3 Å². The van der Waals surface area contributed by atoms with Crippen molar-refractivity contribution in [3.05, 3.63) is 47.7 Å². The van der Waals surface area contributed by atoms with Crippen LogP contribution in [0.4, 0.5) is 4.39 Å². The smallest absolute Gasteiger partial charge is 0.237 e. The molecule has 0 amide bonds. The summed E-state index contributed by atoms with van der Waals surface area (Å²) in [6.07, 6.45) is 5.72. The molecule has 1 saturated carbocycles. The molecule has 1 heterocycles. The summed E-state index contributed by atoms with van der Waals surface area (Å²) >= 11 is 0. The minimum Gasteiger partial charge on any atom is -0.437 e. The lowest BCUT2D eigenvalue weighted by Crippen LogP contribution is -2.16. The molecule has 1 N–H and O–H groups in total. The molecule has 0 saturated heterocycles. The van der Waals surface area contributed by atoms with Crippen molar-refractivity contribution in [1.29, 1.82) is 0 Å². The molecule has 4 nitrogen and oxygen atoms in total. The molecule has 1 aliphatic carbocycles. The van der Waals surface area contributed by atoms with Crippen LogP contribution in [-0.2, 0) is 6.54 Å². The van der Waals surface area contributed by atoms with Crippen LogP contribution in [0.1, 0.15) is 24.1 Å². The van der Waals surface area contributed by atoms with Gasteiger partial charge in [0.1, 0.15) is 11.6 Å². The van der Waals surface area contributed by atoms with Crippen LogP contribution >= 0.6 is 0 Å². The summed E-state index contributed by atoms with van der Waals surface area (Å²) in [6, 6.07) is 5.37. The summed E-state index contributed by atoms with van der Waals surface area (Å²) < 4.78 is 18.9. The average molecular weight is 273 g/mol. The van der Waals surface area contributed by atoms with E-state index in [1.54, 1.807) is 31.5 Å². The van der Waals surface area contributed by atoms with Crippen molar-refractivity contribution >= 4 is 0 Å². The second-order valence-corrected chi connectivity index (χ2v) is 5.01. The molecule has 2 aromatic rings. The number of hydrogen-bond donors (Lipinski definition) is 1. The number of nitrogens with one attached hydrogen (secondary N) is 1. The van der Waals surface area contributed by atoms with Gasteiger partial charge < -0.3 is 10.1 Å². The fraction of sp³-hybridized carbons (Fsp3) is 0.333. The molecule has 0 radical (unpaired) electrons. The summed E-state index contributed by atoms with van der Waals surface area (Å²) in [5, 5.41) is 3.36. The minimum absolute atomic E-state index is 0.291. The first-order valence-electron chi connectivity index (χ1n) is 6.69. The minimum atomic E-state index is -0.291. The first kappa shape index (κ1) is 13.0. The summed E-state index contributed by atoms with van der Waals surface area (Å²) in [4.78, 5) is 8.45.